The van der Waals surface area contributed by atoms with Crippen molar-refractivity contribution in [1.29, 1.82) is 0 Å². The number of amides is 1. The first-order valence-electron chi connectivity index (χ1n) is 6.26. The highest BCUT2D eigenvalue weighted by Gasteiger charge is 2.22. The van der Waals surface area contributed by atoms with Crippen LogP contribution in [0, 0.1) is 17.0 Å². The molecule has 1 fully saturated rings. The molecule has 0 saturated carbocycles. The Morgan fingerprint density at radius 1 is 1.53 bits per heavy atom. The quantitative estimate of drug-likeness (QED) is 0.645. The fourth-order valence-electron chi connectivity index (χ4n) is 2.29. The lowest BCUT2D eigenvalue weighted by Crippen LogP contribution is -2.51. The molecule has 0 spiro atoms. The second-order valence-electron chi connectivity index (χ2n) is 4.86. The van der Waals surface area contributed by atoms with Crippen LogP contribution in [0.25, 0.3) is 0 Å². The maximum absolute atomic E-state index is 12.3. The molecule has 2 rings (SSSR count). The number of nitrogens with zero attached hydrogens (tertiary/aromatic N) is 2. The van der Waals surface area contributed by atoms with Crippen molar-refractivity contribution >= 4 is 11.6 Å². The van der Waals surface area contributed by atoms with Crippen LogP contribution in [0.5, 0.6) is 0 Å². The van der Waals surface area contributed by atoms with Gasteiger partial charge in [0.05, 0.1) is 4.92 Å². The van der Waals surface area contributed by atoms with Gasteiger partial charge in [-0.25, -0.2) is 0 Å². The summed E-state index contributed by atoms with van der Waals surface area (Å²) in [6.07, 6.45) is 0. The Balaban J connectivity index is 2.19. The zero-order valence-electron chi connectivity index (χ0n) is 11.0. The number of carbonyl (C=O) groups excluding carboxylic acids is 1. The van der Waals surface area contributed by atoms with Gasteiger partial charge in [0, 0.05) is 42.9 Å². The Hall–Kier alpha value is -1.95. The third-order valence-electron chi connectivity index (χ3n) is 3.30. The molecule has 0 aromatic heterocycles. The Morgan fingerprint density at radius 2 is 2.26 bits per heavy atom. The summed E-state index contributed by atoms with van der Waals surface area (Å²) in [5, 5.41) is 14.0. The number of hydrogen-bond acceptors (Lipinski definition) is 4. The van der Waals surface area contributed by atoms with E-state index in [1.165, 1.54) is 12.1 Å². The van der Waals surface area contributed by atoms with Crippen LogP contribution < -0.4 is 5.32 Å². The van der Waals surface area contributed by atoms with Crippen LogP contribution in [-0.2, 0) is 0 Å². The van der Waals surface area contributed by atoms with Gasteiger partial charge in [-0.1, -0.05) is 0 Å². The first kappa shape index (κ1) is 13.5. The molecule has 1 aliphatic heterocycles. The number of carbonyl (C=O) groups is 1. The summed E-state index contributed by atoms with van der Waals surface area (Å²) < 4.78 is 0. The smallest absolute Gasteiger partial charge is 0.272 e. The fourth-order valence-corrected chi connectivity index (χ4v) is 2.29. The van der Waals surface area contributed by atoms with Gasteiger partial charge >= 0.3 is 0 Å². The third kappa shape index (κ3) is 2.90. The number of piperazine rings is 1. The van der Waals surface area contributed by atoms with Gasteiger partial charge < -0.3 is 10.2 Å². The second-order valence-corrected chi connectivity index (χ2v) is 4.86. The van der Waals surface area contributed by atoms with Gasteiger partial charge in [-0.05, 0) is 26.0 Å². The lowest BCUT2D eigenvalue weighted by Gasteiger charge is -2.32. The maximum Gasteiger partial charge on any atom is 0.272 e. The Labute approximate surface area is 111 Å². The molecule has 0 radical (unpaired) electrons. The van der Waals surface area contributed by atoms with Crippen molar-refractivity contribution in [2.45, 2.75) is 19.9 Å². The molecule has 1 atom stereocenters. The molecule has 0 unspecified atom stereocenters. The van der Waals surface area contributed by atoms with E-state index in [0.29, 0.717) is 24.2 Å². The van der Waals surface area contributed by atoms with E-state index in [-0.39, 0.29) is 17.6 Å². The van der Waals surface area contributed by atoms with Gasteiger partial charge in [-0.15, -0.1) is 0 Å². The number of hydrogen-bond donors (Lipinski definition) is 1. The number of aryl methyl sites for hydroxylation is 1. The highest BCUT2D eigenvalue weighted by atomic mass is 16.6. The normalized spacial score (nSPS) is 19.3. The van der Waals surface area contributed by atoms with Crippen LogP contribution in [-0.4, -0.2) is 41.4 Å². The second kappa shape index (κ2) is 5.36. The minimum absolute atomic E-state index is 0.0465. The lowest BCUT2D eigenvalue weighted by atomic mass is 10.1. The average molecular weight is 263 g/mol. The van der Waals surface area contributed by atoms with E-state index in [0.717, 1.165) is 6.54 Å². The van der Waals surface area contributed by atoms with Crippen molar-refractivity contribution in [2.24, 2.45) is 0 Å². The molecule has 102 valence electrons. The van der Waals surface area contributed by atoms with Crippen molar-refractivity contribution < 1.29 is 9.72 Å². The van der Waals surface area contributed by atoms with E-state index >= 15 is 0 Å². The highest BCUT2D eigenvalue weighted by Crippen LogP contribution is 2.20. The molecule has 1 aromatic rings. The van der Waals surface area contributed by atoms with Crippen LogP contribution in [0.1, 0.15) is 22.8 Å². The zero-order valence-corrected chi connectivity index (χ0v) is 11.0. The van der Waals surface area contributed by atoms with Crippen LogP contribution in [0.2, 0.25) is 0 Å². The van der Waals surface area contributed by atoms with Crippen LogP contribution in [0.15, 0.2) is 18.2 Å². The third-order valence-corrected chi connectivity index (χ3v) is 3.30. The first-order chi connectivity index (χ1) is 8.99. The first-order valence-corrected chi connectivity index (χ1v) is 6.26. The van der Waals surface area contributed by atoms with Gasteiger partial charge in [0.2, 0.25) is 0 Å². The summed E-state index contributed by atoms with van der Waals surface area (Å²) in [7, 11) is 0. The summed E-state index contributed by atoms with van der Waals surface area (Å²) in [5.41, 5.74) is 1.07. The van der Waals surface area contributed by atoms with E-state index in [1.807, 2.05) is 6.92 Å². The minimum Gasteiger partial charge on any atom is -0.336 e. The SMILES string of the molecule is Cc1cc(C(=O)N2CCN[C@@H](C)C2)ccc1[N+](=O)[O-]. The molecular formula is C13H17N3O3. The molecule has 1 aromatic carbocycles. The van der Waals surface area contributed by atoms with Gasteiger partial charge in [-0.2, -0.15) is 0 Å². The molecule has 0 aliphatic carbocycles. The monoisotopic (exact) mass is 263 g/mol. The maximum atomic E-state index is 12.3. The molecule has 19 heavy (non-hydrogen) atoms. The van der Waals surface area contributed by atoms with Gasteiger partial charge in [0.25, 0.3) is 11.6 Å². The summed E-state index contributed by atoms with van der Waals surface area (Å²) >= 11 is 0. The molecule has 1 amide bonds. The van der Waals surface area contributed by atoms with Crippen molar-refractivity contribution in [3.63, 3.8) is 0 Å². The van der Waals surface area contributed by atoms with E-state index < -0.39 is 4.92 Å². The van der Waals surface area contributed by atoms with E-state index in [2.05, 4.69) is 5.32 Å². The van der Waals surface area contributed by atoms with E-state index in [1.54, 1.807) is 17.9 Å². The lowest BCUT2D eigenvalue weighted by molar-refractivity contribution is -0.385. The Bertz CT molecular complexity index is 516. The molecule has 0 bridgehead atoms. The molecule has 1 N–H and O–H groups in total. The van der Waals surface area contributed by atoms with Gasteiger partial charge in [-0.3, -0.25) is 14.9 Å². The largest absolute Gasteiger partial charge is 0.336 e. The molecule has 6 heteroatoms. The highest BCUT2D eigenvalue weighted by molar-refractivity contribution is 5.94. The van der Waals surface area contributed by atoms with Crippen molar-refractivity contribution in [1.82, 2.24) is 10.2 Å². The number of nitro benzene ring substituents is 1. The number of benzene rings is 1. The van der Waals surface area contributed by atoms with Gasteiger partial charge in [0.1, 0.15) is 0 Å². The topological polar surface area (TPSA) is 75.5 Å². The molecular weight excluding hydrogens is 246 g/mol. The van der Waals surface area contributed by atoms with Crippen molar-refractivity contribution in [2.75, 3.05) is 19.6 Å². The Kier molecular flexibility index (Phi) is 3.80. The van der Waals surface area contributed by atoms with Crippen molar-refractivity contribution in [3.8, 4) is 0 Å². The predicted octanol–water partition coefficient (Wildman–Crippen LogP) is 1.34. The summed E-state index contributed by atoms with van der Waals surface area (Å²) in [4.78, 5) is 24.4. The number of nitrogens with one attached hydrogen (secondary N) is 1. The molecule has 1 aliphatic rings. The van der Waals surface area contributed by atoms with Crippen molar-refractivity contribution in [3.05, 3.63) is 39.4 Å². The summed E-state index contributed by atoms with van der Waals surface area (Å²) in [5.74, 6) is -0.0636. The Morgan fingerprint density at radius 3 is 2.84 bits per heavy atom. The fraction of sp³-hybridized carbons (Fsp3) is 0.462. The molecule has 1 heterocycles. The minimum atomic E-state index is -0.434. The van der Waals surface area contributed by atoms with E-state index in [4.69, 9.17) is 0 Å². The summed E-state index contributed by atoms with van der Waals surface area (Å²) in [6, 6.07) is 4.79. The zero-order chi connectivity index (χ0) is 14.0. The average Bonchev–Trinajstić information content (AvgIpc) is 2.37. The summed E-state index contributed by atoms with van der Waals surface area (Å²) in [6.45, 7) is 5.78. The predicted molar refractivity (Wildman–Crippen MR) is 71.2 cm³/mol. The van der Waals surface area contributed by atoms with E-state index in [9.17, 15) is 14.9 Å². The van der Waals surface area contributed by atoms with Crippen LogP contribution in [0.4, 0.5) is 5.69 Å². The van der Waals surface area contributed by atoms with Crippen LogP contribution in [0.3, 0.4) is 0 Å². The van der Waals surface area contributed by atoms with Gasteiger partial charge in [0.15, 0.2) is 0 Å². The van der Waals surface area contributed by atoms with Crippen LogP contribution >= 0.6 is 0 Å². The molecule has 6 nitrogen and oxygen atoms in total. The number of rotatable bonds is 2. The number of nitro groups is 1. The molecule has 1 saturated heterocycles. The standard InChI is InChI=1S/C13H17N3O3/c1-9-7-11(3-4-12(9)16(18)19)13(17)15-6-5-14-10(2)8-15/h3-4,7,10,14H,5-6,8H2,1-2H3/t10-/m0/s1.